The lowest BCUT2D eigenvalue weighted by Gasteiger charge is -2.11. The molecule has 0 radical (unpaired) electrons. The molecule has 3 rings (SSSR count). The maximum Gasteiger partial charge on any atom is 0.357 e. The number of hydrogen-bond acceptors (Lipinski definition) is 22. The summed E-state index contributed by atoms with van der Waals surface area (Å²) >= 11 is 3.33. The molecule has 386 valence electrons. The van der Waals surface area contributed by atoms with Crippen molar-refractivity contribution in [3.63, 3.8) is 0 Å². The quantitative estimate of drug-likeness (QED) is 0.0604. The Hall–Kier alpha value is -8.49. The Labute approximate surface area is 405 Å². The van der Waals surface area contributed by atoms with Crippen LogP contribution >= 0.6 is 0 Å². The van der Waals surface area contributed by atoms with E-state index < -0.39 is 89.7 Å². The summed E-state index contributed by atoms with van der Waals surface area (Å²) in [6.45, 7) is 7.53. The van der Waals surface area contributed by atoms with Gasteiger partial charge >= 0.3 is 53.7 Å². The van der Waals surface area contributed by atoms with Crippen LogP contribution in [-0.4, -0.2) is 126 Å². The van der Waals surface area contributed by atoms with E-state index in [4.69, 9.17) is 25.2 Å². The van der Waals surface area contributed by atoms with Crippen molar-refractivity contribution in [3.05, 3.63) is 58.2 Å². The molecule has 1 fully saturated rings. The number of aliphatic carboxylic acids is 4. The van der Waals surface area contributed by atoms with Gasteiger partial charge in [0.15, 0.2) is 11.6 Å². The summed E-state index contributed by atoms with van der Waals surface area (Å²) in [6.07, 6.45) is 2.96. The van der Waals surface area contributed by atoms with Crippen LogP contribution in [0, 0.1) is 4.78 Å². The molecule has 0 aromatic carbocycles. The summed E-state index contributed by atoms with van der Waals surface area (Å²) < 4.78 is 13.5. The van der Waals surface area contributed by atoms with Gasteiger partial charge in [-0.25, -0.2) is 43.1 Å². The van der Waals surface area contributed by atoms with Crippen LogP contribution in [0.3, 0.4) is 0 Å². The molecule has 3 aliphatic rings. The molecule has 0 aromatic heterocycles. The maximum atomic E-state index is 11.4. The number of ether oxygens (including phenoxy) is 2. The number of nitrogens with zero attached hydrogens (tertiary/aromatic N) is 1. The highest BCUT2D eigenvalue weighted by atomic mass is 32.1. The van der Waals surface area contributed by atoms with Gasteiger partial charge in [0.25, 0.3) is 11.8 Å². The molecule has 0 atom stereocenters. The number of nitrogens with one attached hydrogen (secondary N) is 1. The number of carboxylic acid groups (broad SMARTS) is 4. The largest absolute Gasteiger partial charge is 0.481 e. The zero-order valence-electron chi connectivity index (χ0n) is 36.1. The molecule has 3 heterocycles. The number of carbonyl (C=O) groups is 17. The second-order valence-corrected chi connectivity index (χ2v) is 13.0. The molecule has 0 aromatic rings. The number of ketones is 6. The minimum absolute atomic E-state index is 0. The highest BCUT2D eigenvalue weighted by Gasteiger charge is 2.33. The van der Waals surface area contributed by atoms with Crippen LogP contribution in [0.5, 0.6) is 0 Å². The van der Waals surface area contributed by atoms with Crippen LogP contribution in [0.4, 0.5) is 0 Å². The van der Waals surface area contributed by atoms with E-state index in [0.717, 1.165) is 31.2 Å². The van der Waals surface area contributed by atoms with Crippen molar-refractivity contribution in [1.82, 2.24) is 5.06 Å². The molecule has 0 unspecified atom stereocenters. The van der Waals surface area contributed by atoms with Gasteiger partial charge in [-0.3, -0.25) is 43.2 Å². The Morgan fingerprint density at radius 1 is 0.543 bits per heavy atom. The Balaban J connectivity index is -0.000000182. The summed E-state index contributed by atoms with van der Waals surface area (Å²) in [7, 11) is 0. The average Bonchev–Trinajstić information content (AvgIpc) is 3.79. The van der Waals surface area contributed by atoms with Crippen LogP contribution in [-0.2, 0) is 108 Å². The predicted molar refractivity (Wildman–Crippen MR) is 238 cm³/mol. The lowest BCUT2D eigenvalue weighted by molar-refractivity contribution is -0.193. The van der Waals surface area contributed by atoms with Gasteiger partial charge < -0.3 is 34.7 Å². The van der Waals surface area contributed by atoms with E-state index in [9.17, 15) is 81.5 Å². The van der Waals surface area contributed by atoms with E-state index >= 15 is 0 Å². The third kappa shape index (κ3) is 34.8. The highest BCUT2D eigenvalue weighted by molar-refractivity contribution is 7.45. The fourth-order valence-corrected chi connectivity index (χ4v) is 4.23. The van der Waals surface area contributed by atoms with Crippen LogP contribution in [0.25, 0.3) is 0 Å². The topological polar surface area (TPSA) is 426 Å². The number of hydrogen-bond donors (Lipinski definition) is 5. The van der Waals surface area contributed by atoms with Gasteiger partial charge in [-0.2, -0.15) is 0 Å². The number of carboxylic acids is 4. The van der Waals surface area contributed by atoms with Gasteiger partial charge in [0.1, 0.15) is 23.1 Å². The molecule has 70 heavy (non-hydrogen) atoms. The highest BCUT2D eigenvalue weighted by Crippen LogP contribution is 2.14. The predicted octanol–water partition coefficient (Wildman–Crippen LogP) is 2.36. The first kappa shape index (κ1) is 73.1. The van der Waals surface area contributed by atoms with Crippen molar-refractivity contribution in [2.75, 3.05) is 0 Å². The van der Waals surface area contributed by atoms with Crippen LogP contribution in [0.2, 0.25) is 0 Å². The van der Waals surface area contributed by atoms with E-state index in [-0.39, 0.29) is 106 Å². The van der Waals surface area contributed by atoms with Crippen LogP contribution in [0.15, 0.2) is 58.2 Å². The van der Waals surface area contributed by atoms with Crippen molar-refractivity contribution in [1.29, 1.82) is 4.78 Å². The maximum absolute atomic E-state index is 11.4. The number of amides is 2. The van der Waals surface area contributed by atoms with Crippen molar-refractivity contribution in [2.24, 2.45) is 0 Å². The molecule has 3 aliphatic heterocycles. The first-order valence-corrected chi connectivity index (χ1v) is 18.5. The zero-order valence-corrected chi connectivity index (χ0v) is 37.0. The van der Waals surface area contributed by atoms with Crippen molar-refractivity contribution < 1.29 is 116 Å². The monoisotopic (exact) mass is 1010 g/mol. The number of rotatable bonds is 17. The first-order chi connectivity index (χ1) is 30.9. The molecule has 27 heteroatoms. The SMILES string of the molecule is C.C.C.CC(=O)/C=C(/CC(C)=O)C(=O)O.CC(=O)/C=C(/CC(C)=O)C(=O)O.CC(=O)C/C(=C/C(=O)ON1C(=O)CCC1=O)C(=O)O.CC(=O)CC1=CC(=O)OC1=O.N=S.O=C(O)CC1=CC(=O)OC1=O. The zero-order chi connectivity index (χ0) is 52.9. The van der Waals surface area contributed by atoms with E-state index in [2.05, 4.69) is 26.7 Å². The van der Waals surface area contributed by atoms with E-state index in [0.29, 0.717) is 11.1 Å². The number of imide groups is 1. The van der Waals surface area contributed by atoms with Gasteiger partial charge in [-0.15, -0.1) is 5.06 Å². The average molecular weight is 1010 g/mol. The van der Waals surface area contributed by atoms with Gasteiger partial charge in [0.2, 0.25) is 0 Å². The fraction of sp³-hybridized carbons (Fsp3) is 0.372. The van der Waals surface area contributed by atoms with Gasteiger partial charge in [0, 0.05) is 80.3 Å². The Kier molecular flexibility index (Phi) is 39.2. The Morgan fingerprint density at radius 3 is 1.07 bits per heavy atom. The number of esters is 4. The lowest BCUT2D eigenvalue weighted by Crippen LogP contribution is -2.31. The van der Waals surface area contributed by atoms with Crippen molar-refractivity contribution >= 4 is 113 Å². The first-order valence-electron chi connectivity index (χ1n) is 18.1. The normalized spacial score (nSPS) is 13.2. The fourth-order valence-electron chi connectivity index (χ4n) is 4.23. The van der Waals surface area contributed by atoms with Crippen molar-refractivity contribution in [2.45, 2.75) is 109 Å². The summed E-state index contributed by atoms with van der Waals surface area (Å²) in [5, 5.41) is 34.3. The van der Waals surface area contributed by atoms with Gasteiger partial charge in [-0.05, 0) is 53.7 Å². The number of hydroxylamine groups is 2. The van der Waals surface area contributed by atoms with Crippen molar-refractivity contribution in [3.8, 4) is 0 Å². The molecule has 0 saturated carbocycles. The molecule has 5 N–H and O–H groups in total. The molecule has 0 spiro atoms. The summed E-state index contributed by atoms with van der Waals surface area (Å²) in [6, 6.07) is 0. The van der Waals surface area contributed by atoms with E-state index in [1.54, 1.807) is 0 Å². The van der Waals surface area contributed by atoms with Gasteiger partial charge in [0.05, 0.1) is 23.1 Å². The molecule has 1 saturated heterocycles. The number of allylic oxidation sites excluding steroid dienone is 2. The second-order valence-electron chi connectivity index (χ2n) is 13.0. The Morgan fingerprint density at radius 2 is 0.843 bits per heavy atom. The van der Waals surface area contributed by atoms with Gasteiger partial charge in [-0.1, -0.05) is 22.3 Å². The van der Waals surface area contributed by atoms with Crippen LogP contribution < -0.4 is 0 Å². The molecule has 0 bridgehead atoms. The van der Waals surface area contributed by atoms with E-state index in [1.807, 2.05) is 0 Å². The molecular weight excluding hydrogens is 961 g/mol. The Bertz CT molecular complexity index is 2130. The molecule has 0 aliphatic carbocycles. The lowest BCUT2D eigenvalue weighted by atomic mass is 10.1. The smallest absolute Gasteiger partial charge is 0.357 e. The molecule has 26 nitrogen and oxygen atoms in total. The number of carbonyl (C=O) groups excluding carboxylic acids is 13. The summed E-state index contributed by atoms with van der Waals surface area (Å²) in [5.74, 6) is -12.5. The minimum Gasteiger partial charge on any atom is -0.481 e. The standard InChI is InChI=1S/C11H11NO7.2C8H10O4.C7H6O4.C6H4O5.3CH4.HNS/c1-6(13)4-7(11(17)18)5-10(16)19-12-8(14)2-3-9(12)15;2*1-5(9)3-7(8(11)12)4-6(2)10;1-4(8)2-5-3-6(9)11-7(5)10;7-4(8)1-3-2-5(9)11-6(3)10;;;;1-2/h5H,2-4H2,1H3,(H,17,18);2*3H,4H2,1-2H3,(H,11,12);3H,2H2,1H3;2H,1H2,(H,7,8);3*1H4;1H/b7-5-;2*7-3-;;;;;;. The summed E-state index contributed by atoms with van der Waals surface area (Å²) in [4.78, 5) is 185. The number of Topliss-reactive ketones (excluding diaryl/α,β-unsaturated/α-hetero) is 4. The minimum atomic E-state index is -1.45. The summed E-state index contributed by atoms with van der Waals surface area (Å²) in [5.41, 5.74) is -0.758. The number of cyclic esters (lactones) is 4. The second kappa shape index (κ2) is 37.6. The third-order valence-electron chi connectivity index (χ3n) is 6.65. The molecule has 2 amide bonds. The third-order valence-corrected chi connectivity index (χ3v) is 6.65. The molecular formula is C43H54N2O24S. The van der Waals surface area contributed by atoms with E-state index in [1.165, 1.54) is 34.6 Å². The van der Waals surface area contributed by atoms with Crippen LogP contribution in [0.1, 0.15) is 109 Å².